The summed E-state index contributed by atoms with van der Waals surface area (Å²) in [6.45, 7) is 0.148. The zero-order valence-electron chi connectivity index (χ0n) is 13.2. The molecule has 0 spiro atoms. The number of aromatic nitrogens is 3. The Labute approximate surface area is 162 Å². The van der Waals surface area contributed by atoms with E-state index < -0.39 is 0 Å². The molecule has 1 aliphatic heterocycles. The third-order valence-corrected chi connectivity index (χ3v) is 5.12. The van der Waals surface area contributed by atoms with Crippen LogP contribution in [0.5, 0.6) is 5.75 Å². The molecule has 26 heavy (non-hydrogen) atoms. The first-order valence-corrected chi connectivity index (χ1v) is 9.33. The maximum absolute atomic E-state index is 13.1. The molecule has 3 aromatic rings. The average Bonchev–Trinajstić information content (AvgIpc) is 3.04. The minimum Gasteiger partial charge on any atom is -0.484 e. The number of benzene rings is 2. The van der Waals surface area contributed by atoms with Crippen molar-refractivity contribution < 1.29 is 9.13 Å². The van der Waals surface area contributed by atoms with E-state index in [1.165, 1.54) is 23.9 Å². The molecule has 0 saturated heterocycles. The smallest absolute Gasteiger partial charge is 0.212 e. The second kappa shape index (κ2) is 7.26. The topological polar surface area (TPSA) is 52.3 Å². The maximum atomic E-state index is 13.1. The van der Waals surface area contributed by atoms with Gasteiger partial charge in [0.2, 0.25) is 5.16 Å². The van der Waals surface area contributed by atoms with Gasteiger partial charge in [0.25, 0.3) is 0 Å². The Balaban J connectivity index is 1.57. The van der Waals surface area contributed by atoms with E-state index in [0.29, 0.717) is 32.5 Å². The van der Waals surface area contributed by atoms with Crippen LogP contribution in [0.25, 0.3) is 0 Å². The molecule has 0 fully saturated rings. The molecule has 5 nitrogen and oxygen atoms in total. The predicted octanol–water partition coefficient (Wildman–Crippen LogP) is 4.66. The number of ether oxygens (including phenoxy) is 1. The number of thioether (sulfide) groups is 1. The first kappa shape index (κ1) is 17.3. The largest absolute Gasteiger partial charge is 0.484 e. The lowest BCUT2D eigenvalue weighted by Crippen LogP contribution is -2.15. The first-order valence-electron chi connectivity index (χ1n) is 7.59. The first-order chi connectivity index (χ1) is 12.6. The Morgan fingerprint density at radius 1 is 1.12 bits per heavy atom. The van der Waals surface area contributed by atoms with Gasteiger partial charge < -0.3 is 4.74 Å². The summed E-state index contributed by atoms with van der Waals surface area (Å²) in [5, 5.41) is 14.5. The Kier molecular flexibility index (Phi) is 4.84. The van der Waals surface area contributed by atoms with Crippen LogP contribution in [0.2, 0.25) is 10.0 Å². The van der Waals surface area contributed by atoms with E-state index in [-0.39, 0.29) is 12.4 Å². The molecular formula is C17H11Cl2FN4OS. The molecule has 2 heterocycles. The van der Waals surface area contributed by atoms with E-state index in [1.54, 1.807) is 35.0 Å². The van der Waals surface area contributed by atoms with Gasteiger partial charge in [-0.2, -0.15) is 9.78 Å². The molecule has 132 valence electrons. The van der Waals surface area contributed by atoms with Crippen molar-refractivity contribution in [1.82, 2.24) is 14.9 Å². The van der Waals surface area contributed by atoms with Crippen molar-refractivity contribution in [3.05, 3.63) is 69.7 Å². The number of halogens is 3. The normalized spacial score (nSPS) is 13.3. The highest BCUT2D eigenvalue weighted by atomic mass is 35.5. The van der Waals surface area contributed by atoms with Gasteiger partial charge in [0.05, 0.1) is 10.7 Å². The molecule has 0 unspecified atom stereocenters. The van der Waals surface area contributed by atoms with Crippen LogP contribution < -0.4 is 4.74 Å². The van der Waals surface area contributed by atoms with Gasteiger partial charge in [0.15, 0.2) is 5.82 Å². The van der Waals surface area contributed by atoms with Crippen molar-refractivity contribution >= 4 is 40.7 Å². The summed E-state index contributed by atoms with van der Waals surface area (Å²) < 4.78 is 20.5. The van der Waals surface area contributed by atoms with Crippen molar-refractivity contribution in [2.24, 2.45) is 5.10 Å². The molecule has 0 atom stereocenters. The third kappa shape index (κ3) is 3.56. The maximum Gasteiger partial charge on any atom is 0.212 e. The van der Waals surface area contributed by atoms with Crippen LogP contribution in [0.15, 0.2) is 52.7 Å². The predicted molar refractivity (Wildman–Crippen MR) is 99.9 cm³/mol. The SMILES string of the molecule is Fc1ccc(C2=Nn3c(COc4ccc(Cl)cc4Cl)nnc3SC2)cc1. The monoisotopic (exact) mass is 408 g/mol. The van der Waals surface area contributed by atoms with E-state index in [4.69, 9.17) is 27.9 Å². The second-order valence-electron chi connectivity index (χ2n) is 5.42. The molecule has 1 aromatic heterocycles. The molecular weight excluding hydrogens is 398 g/mol. The number of nitrogens with zero attached hydrogens (tertiary/aromatic N) is 4. The van der Waals surface area contributed by atoms with Crippen LogP contribution >= 0.6 is 35.0 Å². The number of fused-ring (bicyclic) bond motifs is 1. The number of rotatable bonds is 4. The highest BCUT2D eigenvalue weighted by molar-refractivity contribution is 7.99. The Hall–Kier alpha value is -2.09. The number of hydrogen-bond acceptors (Lipinski definition) is 5. The van der Waals surface area contributed by atoms with Crippen molar-refractivity contribution in [2.45, 2.75) is 11.8 Å². The lowest BCUT2D eigenvalue weighted by molar-refractivity contribution is 0.290. The second-order valence-corrected chi connectivity index (χ2v) is 7.20. The summed E-state index contributed by atoms with van der Waals surface area (Å²) in [5.74, 6) is 1.39. The van der Waals surface area contributed by atoms with Crippen molar-refractivity contribution in [3.63, 3.8) is 0 Å². The molecule has 0 radical (unpaired) electrons. The standard InChI is InChI=1S/C17H11Cl2FN4OS/c18-11-3-6-15(13(19)7-11)25-8-16-21-22-17-24(16)23-14(9-26-17)10-1-4-12(20)5-2-10/h1-7H,8-9H2. The molecule has 1 aliphatic rings. The molecule has 2 aromatic carbocycles. The van der Waals surface area contributed by atoms with Gasteiger partial charge in [0, 0.05) is 10.8 Å². The van der Waals surface area contributed by atoms with Gasteiger partial charge in [-0.3, -0.25) is 0 Å². The van der Waals surface area contributed by atoms with Gasteiger partial charge in [-0.05, 0) is 35.9 Å². The van der Waals surface area contributed by atoms with Gasteiger partial charge in [-0.15, -0.1) is 10.2 Å². The number of hydrogen-bond donors (Lipinski definition) is 0. The quantitative estimate of drug-likeness (QED) is 0.629. The van der Waals surface area contributed by atoms with Gasteiger partial charge in [0.1, 0.15) is 18.2 Å². The molecule has 0 bridgehead atoms. The summed E-state index contributed by atoms with van der Waals surface area (Å²) in [6, 6.07) is 11.2. The Bertz CT molecular complexity index is 991. The third-order valence-electron chi connectivity index (χ3n) is 3.66. The summed E-state index contributed by atoms with van der Waals surface area (Å²) in [6.07, 6.45) is 0. The zero-order valence-corrected chi connectivity index (χ0v) is 15.5. The Morgan fingerprint density at radius 3 is 2.69 bits per heavy atom. The average molecular weight is 409 g/mol. The molecule has 9 heteroatoms. The van der Waals surface area contributed by atoms with Gasteiger partial charge >= 0.3 is 0 Å². The molecule has 0 saturated carbocycles. The summed E-state index contributed by atoms with van der Waals surface area (Å²) in [4.78, 5) is 0. The van der Waals surface area contributed by atoms with Crippen LogP contribution in [0.1, 0.15) is 11.4 Å². The fraction of sp³-hybridized carbons (Fsp3) is 0.118. The fourth-order valence-corrected chi connectivity index (χ4v) is 3.70. The fourth-order valence-electron chi connectivity index (χ4n) is 2.38. The molecule has 0 aliphatic carbocycles. The Morgan fingerprint density at radius 2 is 1.92 bits per heavy atom. The van der Waals surface area contributed by atoms with Crippen LogP contribution in [-0.4, -0.2) is 26.3 Å². The lowest BCUT2D eigenvalue weighted by atomic mass is 10.1. The van der Waals surface area contributed by atoms with E-state index in [0.717, 1.165) is 11.3 Å². The molecule has 4 rings (SSSR count). The summed E-state index contributed by atoms with van der Waals surface area (Å²) in [5.41, 5.74) is 1.67. The van der Waals surface area contributed by atoms with E-state index in [1.807, 2.05) is 0 Å². The molecule has 0 amide bonds. The van der Waals surface area contributed by atoms with Crippen molar-refractivity contribution in [2.75, 3.05) is 5.75 Å². The van der Waals surface area contributed by atoms with Gasteiger partial charge in [-0.1, -0.05) is 47.1 Å². The minimum absolute atomic E-state index is 0.148. The zero-order chi connectivity index (χ0) is 18.1. The highest BCUT2D eigenvalue weighted by Gasteiger charge is 2.20. The van der Waals surface area contributed by atoms with Crippen LogP contribution in [0.3, 0.4) is 0 Å². The lowest BCUT2D eigenvalue weighted by Gasteiger charge is -2.14. The van der Waals surface area contributed by atoms with E-state index >= 15 is 0 Å². The van der Waals surface area contributed by atoms with Crippen LogP contribution in [0.4, 0.5) is 4.39 Å². The van der Waals surface area contributed by atoms with Crippen molar-refractivity contribution in [1.29, 1.82) is 0 Å². The van der Waals surface area contributed by atoms with Crippen LogP contribution in [0, 0.1) is 5.82 Å². The van der Waals surface area contributed by atoms with E-state index in [9.17, 15) is 4.39 Å². The molecule has 0 N–H and O–H groups in total. The van der Waals surface area contributed by atoms with Gasteiger partial charge in [-0.25, -0.2) is 4.39 Å². The van der Waals surface area contributed by atoms with Crippen LogP contribution in [-0.2, 0) is 6.61 Å². The summed E-state index contributed by atoms with van der Waals surface area (Å²) >= 11 is 13.5. The van der Waals surface area contributed by atoms with Crippen molar-refractivity contribution in [3.8, 4) is 5.75 Å². The van der Waals surface area contributed by atoms with E-state index in [2.05, 4.69) is 15.3 Å². The minimum atomic E-state index is -0.281. The highest BCUT2D eigenvalue weighted by Crippen LogP contribution is 2.29. The summed E-state index contributed by atoms with van der Waals surface area (Å²) in [7, 11) is 0.